The zero-order valence-corrected chi connectivity index (χ0v) is 31.8. The van der Waals surface area contributed by atoms with E-state index < -0.39 is 0 Å². The number of nitrogens with zero attached hydrogens (tertiary/aromatic N) is 5. The Bertz CT molecular complexity index is 3380. The van der Waals surface area contributed by atoms with Crippen molar-refractivity contribution in [2.24, 2.45) is 0 Å². The predicted octanol–water partition coefficient (Wildman–Crippen LogP) is 9.28. The summed E-state index contributed by atoms with van der Waals surface area (Å²) in [5, 5.41) is 2.39. The summed E-state index contributed by atoms with van der Waals surface area (Å²) >= 11 is 0. The average Bonchev–Trinajstić information content (AvgIpc) is 3.91. The molecule has 5 nitrogen and oxygen atoms in total. The SMILES string of the molecule is CC1=C(c2cccc3c2Cc2cc(-c4ncccn4)cc4c2B3c2cccc3c5c6ncccc6n(-c6ccccc6)c5n-4c23)c2ccccc2C1c1ccccc1. The van der Waals surface area contributed by atoms with Gasteiger partial charge in [0, 0.05) is 46.8 Å². The van der Waals surface area contributed by atoms with Crippen LogP contribution in [0.25, 0.3) is 61.3 Å². The molecule has 2 aliphatic heterocycles. The van der Waals surface area contributed by atoms with Crippen LogP contribution in [0.3, 0.4) is 0 Å². The molecule has 0 bridgehead atoms. The number of hydrogen-bond acceptors (Lipinski definition) is 3. The summed E-state index contributed by atoms with van der Waals surface area (Å²) in [5.41, 5.74) is 22.7. The Kier molecular flexibility index (Phi) is 6.51. The van der Waals surface area contributed by atoms with E-state index in [0.29, 0.717) is 0 Å². The molecule has 0 fully saturated rings. The van der Waals surface area contributed by atoms with Crippen molar-refractivity contribution >= 4 is 61.6 Å². The highest BCUT2D eigenvalue weighted by Crippen LogP contribution is 2.49. The molecule has 6 aromatic carbocycles. The Morgan fingerprint density at radius 1 is 0.638 bits per heavy atom. The van der Waals surface area contributed by atoms with E-state index in [4.69, 9.17) is 15.0 Å². The number of benzene rings is 6. The minimum absolute atomic E-state index is 0.0431. The van der Waals surface area contributed by atoms with Gasteiger partial charge in [-0.2, -0.15) is 0 Å². The minimum atomic E-state index is 0.0431. The van der Waals surface area contributed by atoms with Crippen LogP contribution in [-0.4, -0.2) is 30.8 Å². The molecule has 4 aromatic heterocycles. The third-order valence-electron chi connectivity index (χ3n) is 13.1. The van der Waals surface area contributed by atoms with Crippen molar-refractivity contribution in [1.29, 1.82) is 0 Å². The molecule has 0 saturated heterocycles. The first-order chi connectivity index (χ1) is 28.7. The topological polar surface area (TPSA) is 48.5 Å². The van der Waals surface area contributed by atoms with Gasteiger partial charge in [0.05, 0.1) is 21.9 Å². The Morgan fingerprint density at radius 2 is 1.38 bits per heavy atom. The Balaban J connectivity index is 1.14. The summed E-state index contributed by atoms with van der Waals surface area (Å²) in [4.78, 5) is 14.7. The minimum Gasteiger partial charge on any atom is -0.296 e. The number of pyridine rings is 1. The van der Waals surface area contributed by atoms with E-state index in [9.17, 15) is 0 Å². The number of fused-ring (bicyclic) bond motifs is 10. The van der Waals surface area contributed by atoms with E-state index in [1.54, 1.807) is 0 Å². The summed E-state index contributed by atoms with van der Waals surface area (Å²) in [6.45, 7) is 2.40. The van der Waals surface area contributed by atoms with Crippen molar-refractivity contribution in [1.82, 2.24) is 24.1 Å². The second kappa shape index (κ2) is 11.9. The third-order valence-corrected chi connectivity index (χ3v) is 13.1. The molecule has 6 heterocycles. The highest BCUT2D eigenvalue weighted by atomic mass is 15.2. The summed E-state index contributed by atoms with van der Waals surface area (Å²) in [5.74, 6) is 0.945. The molecule has 0 radical (unpaired) electrons. The van der Waals surface area contributed by atoms with E-state index in [1.165, 1.54) is 82.9 Å². The second-order valence-corrected chi connectivity index (χ2v) is 15.9. The van der Waals surface area contributed by atoms with Gasteiger partial charge in [-0.1, -0.05) is 120 Å². The maximum Gasteiger partial charge on any atom is 0.247 e. The van der Waals surface area contributed by atoms with Crippen LogP contribution in [0.4, 0.5) is 0 Å². The molecule has 1 atom stereocenters. The highest BCUT2D eigenvalue weighted by molar-refractivity contribution is 6.99. The first kappa shape index (κ1) is 31.9. The third kappa shape index (κ3) is 4.18. The fourth-order valence-electron chi connectivity index (χ4n) is 10.9. The van der Waals surface area contributed by atoms with Gasteiger partial charge >= 0.3 is 0 Å². The molecule has 270 valence electrons. The normalized spacial score (nSPS) is 15.0. The first-order valence-electron chi connectivity index (χ1n) is 20.1. The van der Waals surface area contributed by atoms with Gasteiger partial charge in [-0.3, -0.25) is 14.1 Å². The maximum atomic E-state index is 5.08. The molecule has 0 saturated carbocycles. The number of para-hydroxylation sites is 2. The lowest BCUT2D eigenvalue weighted by molar-refractivity contribution is 0.975. The molecule has 13 rings (SSSR count). The molecule has 3 aliphatic rings. The largest absolute Gasteiger partial charge is 0.296 e. The molecule has 1 unspecified atom stereocenters. The number of allylic oxidation sites excluding steroid dienone is 1. The summed E-state index contributed by atoms with van der Waals surface area (Å²) in [6, 6.07) is 55.6. The smallest absolute Gasteiger partial charge is 0.247 e. The second-order valence-electron chi connectivity index (χ2n) is 15.9. The number of hydrogen-bond donors (Lipinski definition) is 0. The monoisotopic (exact) mass is 739 g/mol. The van der Waals surface area contributed by atoms with E-state index in [-0.39, 0.29) is 12.6 Å². The molecule has 0 amide bonds. The van der Waals surface area contributed by atoms with Crippen molar-refractivity contribution in [2.75, 3.05) is 0 Å². The van der Waals surface area contributed by atoms with Gasteiger partial charge < -0.3 is 0 Å². The van der Waals surface area contributed by atoms with E-state index in [2.05, 4.69) is 156 Å². The standard InChI is InChI=1S/C52H34BN5/c1-31-45(32-14-4-2-5-15-32)36-18-8-9-19-37(36)46(31)38-20-10-22-41-40(38)29-33-28-34(51-55-26-13-27-56-51)30-44-48(33)53(41)42-23-11-21-39-47-49-43(24-12-25-54-49)57(35-16-6-3-7-17-35)52(47)58(44)50(39)42/h2-28,30,45H,29H2,1H3. The van der Waals surface area contributed by atoms with Gasteiger partial charge in [0.15, 0.2) is 5.82 Å². The van der Waals surface area contributed by atoms with Gasteiger partial charge in [0.1, 0.15) is 5.65 Å². The summed E-state index contributed by atoms with van der Waals surface area (Å²) in [6.07, 6.45) is 6.42. The van der Waals surface area contributed by atoms with Gasteiger partial charge in [-0.05, 0) is 106 Å². The lowest BCUT2D eigenvalue weighted by Gasteiger charge is -2.35. The van der Waals surface area contributed by atoms with Crippen molar-refractivity contribution in [3.05, 3.63) is 209 Å². The molecular formula is C52H34BN5. The molecule has 10 aromatic rings. The zero-order chi connectivity index (χ0) is 38.1. The maximum absolute atomic E-state index is 5.08. The van der Waals surface area contributed by atoms with Gasteiger partial charge in [0.25, 0.3) is 0 Å². The van der Waals surface area contributed by atoms with Crippen molar-refractivity contribution in [2.45, 2.75) is 19.3 Å². The number of rotatable bonds is 4. The fourth-order valence-corrected chi connectivity index (χ4v) is 10.9. The van der Waals surface area contributed by atoms with Crippen LogP contribution in [0.2, 0.25) is 0 Å². The van der Waals surface area contributed by atoms with E-state index >= 15 is 0 Å². The molecule has 1 aliphatic carbocycles. The van der Waals surface area contributed by atoms with Crippen LogP contribution in [0.1, 0.15) is 46.2 Å². The Labute approximate surface area is 335 Å². The van der Waals surface area contributed by atoms with Crippen LogP contribution in [0.5, 0.6) is 0 Å². The molecule has 0 N–H and O–H groups in total. The van der Waals surface area contributed by atoms with Gasteiger partial charge in [-0.15, -0.1) is 0 Å². The Morgan fingerprint density at radius 3 is 2.24 bits per heavy atom. The lowest BCUT2D eigenvalue weighted by Crippen LogP contribution is -2.60. The van der Waals surface area contributed by atoms with Crippen LogP contribution >= 0.6 is 0 Å². The van der Waals surface area contributed by atoms with Gasteiger partial charge in [-0.25, -0.2) is 9.97 Å². The summed E-state index contributed by atoms with van der Waals surface area (Å²) in [7, 11) is 0. The van der Waals surface area contributed by atoms with Crippen LogP contribution in [0, 0.1) is 0 Å². The van der Waals surface area contributed by atoms with Crippen LogP contribution in [-0.2, 0) is 6.42 Å². The van der Waals surface area contributed by atoms with Crippen molar-refractivity contribution in [3.8, 4) is 22.8 Å². The van der Waals surface area contributed by atoms with Crippen molar-refractivity contribution < 1.29 is 0 Å². The van der Waals surface area contributed by atoms with E-state index in [0.717, 1.165) is 40.2 Å². The zero-order valence-electron chi connectivity index (χ0n) is 31.8. The number of aromatic nitrogens is 5. The van der Waals surface area contributed by atoms with Crippen LogP contribution in [0.15, 0.2) is 176 Å². The Hall–Kier alpha value is -7.31. The summed E-state index contributed by atoms with van der Waals surface area (Å²) < 4.78 is 4.94. The fraction of sp³-hybridized carbons (Fsp3) is 0.0577. The van der Waals surface area contributed by atoms with Crippen molar-refractivity contribution in [3.63, 3.8) is 0 Å². The van der Waals surface area contributed by atoms with E-state index in [1.807, 2.05) is 30.7 Å². The molecule has 0 spiro atoms. The molecule has 6 heteroatoms. The predicted molar refractivity (Wildman–Crippen MR) is 237 cm³/mol. The van der Waals surface area contributed by atoms with Gasteiger partial charge in [0.2, 0.25) is 6.71 Å². The molecule has 58 heavy (non-hydrogen) atoms. The first-order valence-corrected chi connectivity index (χ1v) is 20.1. The van der Waals surface area contributed by atoms with Crippen LogP contribution < -0.4 is 16.4 Å². The average molecular weight is 740 g/mol. The highest BCUT2D eigenvalue weighted by Gasteiger charge is 2.42. The lowest BCUT2D eigenvalue weighted by atomic mass is 9.32. The molecular weight excluding hydrogens is 705 g/mol. The quantitative estimate of drug-likeness (QED) is 0.169.